The third-order valence-corrected chi connectivity index (χ3v) is 8.40. The van der Waals surface area contributed by atoms with Gasteiger partial charge in [-0.3, -0.25) is 0 Å². The Bertz CT molecular complexity index is 1440. The Balaban J connectivity index is 1.53. The summed E-state index contributed by atoms with van der Waals surface area (Å²) in [5.74, 6) is 1.77. The molecule has 172 valence electrons. The van der Waals surface area contributed by atoms with Gasteiger partial charge >= 0.3 is 7.12 Å². The first-order valence-corrected chi connectivity index (χ1v) is 12.3. The largest absolute Gasteiger partial charge is 0.494 e. The van der Waals surface area contributed by atoms with E-state index in [4.69, 9.17) is 14.0 Å². The number of ether oxygens (including phenoxy) is 1. The molecule has 2 heterocycles. The van der Waals surface area contributed by atoms with Crippen molar-refractivity contribution in [1.29, 1.82) is 0 Å². The van der Waals surface area contributed by atoms with Gasteiger partial charge in [0.05, 0.1) is 16.6 Å². The quantitative estimate of drug-likeness (QED) is 0.265. The highest BCUT2D eigenvalue weighted by Gasteiger charge is 2.54. The molecule has 0 unspecified atom stereocenters. The van der Waals surface area contributed by atoms with Gasteiger partial charge in [-0.2, -0.15) is 0 Å². The Kier molecular flexibility index (Phi) is 4.12. The van der Waals surface area contributed by atoms with Gasteiger partial charge in [-0.25, -0.2) is 0 Å². The molecule has 0 amide bonds. The highest BCUT2D eigenvalue weighted by molar-refractivity contribution is 6.62. The van der Waals surface area contributed by atoms with E-state index in [1.165, 1.54) is 22.3 Å². The highest BCUT2D eigenvalue weighted by atomic mass is 16.7. The second-order valence-corrected chi connectivity index (χ2v) is 10.8. The fraction of sp³-hybridized carbons (Fsp3) is 0.226. The topological polar surface area (TPSA) is 27.7 Å². The van der Waals surface area contributed by atoms with Crippen LogP contribution in [-0.2, 0) is 14.7 Å². The monoisotopic (exact) mass is 458 g/mol. The molecule has 0 radical (unpaired) electrons. The van der Waals surface area contributed by atoms with Crippen LogP contribution in [0.25, 0.3) is 11.1 Å². The van der Waals surface area contributed by atoms with Crippen molar-refractivity contribution in [2.24, 2.45) is 0 Å². The lowest BCUT2D eigenvalue weighted by molar-refractivity contribution is 0.00578. The average Bonchev–Trinajstić information content (AvgIpc) is 3.27. The summed E-state index contributed by atoms with van der Waals surface area (Å²) >= 11 is 0. The van der Waals surface area contributed by atoms with Crippen LogP contribution in [-0.4, -0.2) is 18.3 Å². The minimum absolute atomic E-state index is 0.402. The van der Waals surface area contributed by atoms with E-state index in [1.807, 2.05) is 6.07 Å². The maximum absolute atomic E-state index is 6.51. The van der Waals surface area contributed by atoms with Crippen molar-refractivity contribution in [3.63, 3.8) is 0 Å². The Morgan fingerprint density at radius 1 is 0.543 bits per heavy atom. The lowest BCUT2D eigenvalue weighted by atomic mass is 9.64. The van der Waals surface area contributed by atoms with Crippen LogP contribution in [0.4, 0.5) is 0 Å². The molecule has 7 rings (SSSR count). The van der Waals surface area contributed by atoms with E-state index in [1.54, 1.807) is 0 Å². The Hall–Kier alpha value is -3.34. The van der Waals surface area contributed by atoms with Crippen molar-refractivity contribution in [3.05, 3.63) is 113 Å². The average molecular weight is 458 g/mol. The molecule has 1 spiro atoms. The van der Waals surface area contributed by atoms with E-state index in [0.717, 1.165) is 28.1 Å². The standard InChI is InChI=1S/C31H27BO3/c1-29(2)30(3,4)35-32(34-29)20-17-18-28-26(19-20)31(25-15-9-10-16-27(25)33-28)23-13-7-5-11-21(23)22-12-6-8-14-24(22)31/h5-19H,1-4H3. The molecular weight excluding hydrogens is 431 g/mol. The van der Waals surface area contributed by atoms with Crippen molar-refractivity contribution in [2.45, 2.75) is 44.3 Å². The van der Waals surface area contributed by atoms with E-state index in [-0.39, 0.29) is 0 Å². The van der Waals surface area contributed by atoms with Crippen LogP contribution in [0.1, 0.15) is 49.9 Å². The van der Waals surface area contributed by atoms with Gasteiger partial charge in [0.15, 0.2) is 0 Å². The van der Waals surface area contributed by atoms with Crippen LogP contribution in [0, 0.1) is 0 Å². The van der Waals surface area contributed by atoms with E-state index in [9.17, 15) is 0 Å². The van der Waals surface area contributed by atoms with Gasteiger partial charge in [0.25, 0.3) is 0 Å². The normalized spacial score (nSPS) is 19.5. The second kappa shape index (κ2) is 6.87. The number of fused-ring (bicyclic) bond motifs is 9. The first kappa shape index (κ1) is 21.0. The van der Waals surface area contributed by atoms with Gasteiger partial charge in [-0.05, 0) is 67.5 Å². The fourth-order valence-corrected chi connectivity index (χ4v) is 6.00. The predicted molar refractivity (Wildman–Crippen MR) is 140 cm³/mol. The number of hydrogen-bond donors (Lipinski definition) is 0. The summed E-state index contributed by atoms with van der Waals surface area (Å²) in [4.78, 5) is 0. The molecule has 1 aliphatic carbocycles. The molecular formula is C31H27BO3. The van der Waals surface area contributed by atoms with Crippen molar-refractivity contribution in [2.75, 3.05) is 0 Å². The summed E-state index contributed by atoms with van der Waals surface area (Å²) in [6.07, 6.45) is 0. The Morgan fingerprint density at radius 3 is 1.69 bits per heavy atom. The summed E-state index contributed by atoms with van der Waals surface area (Å²) in [5, 5.41) is 0. The van der Waals surface area contributed by atoms with Crippen LogP contribution in [0.5, 0.6) is 11.5 Å². The van der Waals surface area contributed by atoms with Crippen LogP contribution >= 0.6 is 0 Å². The van der Waals surface area contributed by atoms with Gasteiger partial charge < -0.3 is 14.0 Å². The molecule has 0 saturated carbocycles. The van der Waals surface area contributed by atoms with Gasteiger partial charge in [-0.1, -0.05) is 78.9 Å². The fourth-order valence-electron chi connectivity index (χ4n) is 6.00. The first-order chi connectivity index (χ1) is 16.8. The zero-order valence-electron chi connectivity index (χ0n) is 20.5. The van der Waals surface area contributed by atoms with Gasteiger partial charge in [0.1, 0.15) is 11.5 Å². The molecule has 4 aromatic rings. The third-order valence-electron chi connectivity index (χ3n) is 8.40. The van der Waals surface area contributed by atoms with Crippen LogP contribution < -0.4 is 10.2 Å². The molecule has 2 aliphatic heterocycles. The van der Waals surface area contributed by atoms with Gasteiger partial charge in [0.2, 0.25) is 0 Å². The van der Waals surface area contributed by atoms with E-state index in [2.05, 4.69) is 113 Å². The molecule has 4 aromatic carbocycles. The highest BCUT2D eigenvalue weighted by Crippen LogP contribution is 2.61. The zero-order valence-corrected chi connectivity index (χ0v) is 20.5. The number of para-hydroxylation sites is 1. The summed E-state index contributed by atoms with van der Waals surface area (Å²) in [7, 11) is -0.439. The maximum atomic E-state index is 6.51. The molecule has 35 heavy (non-hydrogen) atoms. The molecule has 0 atom stereocenters. The molecule has 1 fully saturated rings. The minimum Gasteiger partial charge on any atom is -0.457 e. The van der Waals surface area contributed by atoms with Gasteiger partial charge in [-0.15, -0.1) is 0 Å². The molecule has 3 nitrogen and oxygen atoms in total. The number of benzene rings is 4. The van der Waals surface area contributed by atoms with Crippen molar-refractivity contribution in [3.8, 4) is 22.6 Å². The summed E-state index contributed by atoms with van der Waals surface area (Å²) in [5.41, 5.74) is 7.12. The smallest absolute Gasteiger partial charge is 0.457 e. The second-order valence-electron chi connectivity index (χ2n) is 10.8. The van der Waals surface area contributed by atoms with E-state index < -0.39 is 23.7 Å². The Morgan fingerprint density at radius 2 is 1.06 bits per heavy atom. The molecule has 1 saturated heterocycles. The lowest BCUT2D eigenvalue weighted by Gasteiger charge is -2.39. The van der Waals surface area contributed by atoms with Crippen LogP contribution in [0.2, 0.25) is 0 Å². The molecule has 4 heteroatoms. The zero-order chi connectivity index (χ0) is 24.0. The molecule has 0 bridgehead atoms. The predicted octanol–water partition coefficient (Wildman–Crippen LogP) is 6.45. The summed E-state index contributed by atoms with van der Waals surface area (Å²) in [6, 6.07) is 32.4. The van der Waals surface area contributed by atoms with Crippen molar-refractivity contribution in [1.82, 2.24) is 0 Å². The molecule has 0 aromatic heterocycles. The van der Waals surface area contributed by atoms with Gasteiger partial charge in [0, 0.05) is 11.1 Å². The van der Waals surface area contributed by atoms with E-state index >= 15 is 0 Å². The number of rotatable bonds is 1. The molecule has 3 aliphatic rings. The molecule has 0 N–H and O–H groups in total. The third kappa shape index (κ3) is 2.64. The number of hydrogen-bond acceptors (Lipinski definition) is 3. The van der Waals surface area contributed by atoms with Crippen molar-refractivity contribution < 1.29 is 14.0 Å². The summed E-state index contributed by atoms with van der Waals surface area (Å²) < 4.78 is 19.4. The van der Waals surface area contributed by atoms with E-state index in [0.29, 0.717) is 0 Å². The lowest BCUT2D eigenvalue weighted by Crippen LogP contribution is -2.41. The first-order valence-electron chi connectivity index (χ1n) is 12.3. The summed E-state index contributed by atoms with van der Waals surface area (Å²) in [6.45, 7) is 8.37. The SMILES string of the molecule is CC1(C)OB(c2ccc3c(c2)C2(c4ccccc4O3)c3ccccc3-c3ccccc32)OC1(C)C. The minimum atomic E-state index is -0.475. The van der Waals surface area contributed by atoms with Crippen LogP contribution in [0.3, 0.4) is 0 Å². The maximum Gasteiger partial charge on any atom is 0.494 e. The Labute approximate surface area is 206 Å². The van der Waals surface area contributed by atoms with Crippen LogP contribution in [0.15, 0.2) is 91.0 Å². The van der Waals surface area contributed by atoms with Crippen molar-refractivity contribution >= 4 is 12.6 Å².